The quantitative estimate of drug-likeness (QED) is 0.508. The van der Waals surface area contributed by atoms with E-state index in [-0.39, 0.29) is 5.69 Å². The summed E-state index contributed by atoms with van der Waals surface area (Å²) in [6.45, 7) is 0. The molecule has 0 heterocycles. The molecule has 0 saturated heterocycles. The highest BCUT2D eigenvalue weighted by Crippen LogP contribution is 2.11. The molecule has 0 saturated carbocycles. The molecule has 5 nitrogen and oxygen atoms in total. The third kappa shape index (κ3) is 3.15. The zero-order valence-electron chi connectivity index (χ0n) is 9.48. The maximum atomic E-state index is 10.6. The van der Waals surface area contributed by atoms with E-state index in [1.807, 2.05) is 30.3 Å². The van der Waals surface area contributed by atoms with Crippen LogP contribution in [-0.4, -0.2) is 11.1 Å². The van der Waals surface area contributed by atoms with Gasteiger partial charge in [-0.3, -0.25) is 15.5 Å². The van der Waals surface area contributed by atoms with Crippen molar-refractivity contribution >= 4 is 17.6 Å². The van der Waals surface area contributed by atoms with Gasteiger partial charge >= 0.3 is 0 Å². The molecular formula is C13H11N3O2. The Kier molecular flexibility index (Phi) is 3.66. The standard InChI is InChI=1S/C13H11N3O2/c17-16(18)13-8-4-5-11(9-13)10-14-15-12-6-2-1-3-7-12/h1-10,15H/b14-10+. The lowest BCUT2D eigenvalue weighted by Gasteiger charge is -1.98. The second-order valence-corrected chi connectivity index (χ2v) is 3.59. The van der Waals surface area contributed by atoms with E-state index < -0.39 is 4.92 Å². The minimum atomic E-state index is -0.429. The highest BCUT2D eigenvalue weighted by molar-refractivity contribution is 5.81. The van der Waals surface area contributed by atoms with E-state index in [0.717, 1.165) is 5.69 Å². The summed E-state index contributed by atoms with van der Waals surface area (Å²) in [7, 11) is 0. The van der Waals surface area contributed by atoms with Gasteiger partial charge in [-0.15, -0.1) is 0 Å². The summed E-state index contributed by atoms with van der Waals surface area (Å²) in [5.74, 6) is 0. The SMILES string of the molecule is O=[N+]([O-])c1cccc(/C=N/Nc2ccccc2)c1. The topological polar surface area (TPSA) is 67.5 Å². The molecule has 0 aliphatic rings. The Morgan fingerprint density at radius 3 is 2.61 bits per heavy atom. The largest absolute Gasteiger partial charge is 0.279 e. The molecule has 0 unspecified atom stereocenters. The summed E-state index contributed by atoms with van der Waals surface area (Å²) >= 11 is 0. The highest BCUT2D eigenvalue weighted by Gasteiger charge is 2.03. The summed E-state index contributed by atoms with van der Waals surface area (Å²) in [5.41, 5.74) is 4.43. The van der Waals surface area contributed by atoms with Gasteiger partial charge in [0.05, 0.1) is 16.8 Å². The van der Waals surface area contributed by atoms with Crippen molar-refractivity contribution in [3.8, 4) is 0 Å². The third-order valence-corrected chi connectivity index (χ3v) is 2.26. The van der Waals surface area contributed by atoms with Gasteiger partial charge in [-0.05, 0) is 12.1 Å². The van der Waals surface area contributed by atoms with Crippen molar-refractivity contribution in [2.45, 2.75) is 0 Å². The second kappa shape index (κ2) is 5.58. The Labute approximate surface area is 104 Å². The summed E-state index contributed by atoms with van der Waals surface area (Å²) < 4.78 is 0. The Morgan fingerprint density at radius 1 is 1.11 bits per heavy atom. The summed E-state index contributed by atoms with van der Waals surface area (Å²) in [4.78, 5) is 10.2. The number of benzene rings is 2. The summed E-state index contributed by atoms with van der Waals surface area (Å²) in [6, 6.07) is 15.8. The van der Waals surface area contributed by atoms with Crippen LogP contribution >= 0.6 is 0 Å². The van der Waals surface area contributed by atoms with Gasteiger partial charge in [0.15, 0.2) is 0 Å². The summed E-state index contributed by atoms with van der Waals surface area (Å²) in [5, 5.41) is 14.6. The Balaban J connectivity index is 2.05. The number of nitro groups is 1. The average Bonchev–Trinajstić information content (AvgIpc) is 2.40. The normalized spacial score (nSPS) is 10.4. The van der Waals surface area contributed by atoms with Crippen molar-refractivity contribution in [3.05, 3.63) is 70.3 Å². The molecule has 2 aromatic carbocycles. The highest BCUT2D eigenvalue weighted by atomic mass is 16.6. The molecule has 2 aromatic rings. The average molecular weight is 241 g/mol. The fraction of sp³-hybridized carbons (Fsp3) is 0. The van der Waals surface area contributed by atoms with Gasteiger partial charge < -0.3 is 0 Å². The molecule has 0 amide bonds. The maximum Gasteiger partial charge on any atom is 0.270 e. The third-order valence-electron chi connectivity index (χ3n) is 2.26. The van der Waals surface area contributed by atoms with Crippen LogP contribution in [0.3, 0.4) is 0 Å². The fourth-order valence-electron chi connectivity index (χ4n) is 1.41. The molecule has 0 aromatic heterocycles. The van der Waals surface area contributed by atoms with Gasteiger partial charge in [-0.25, -0.2) is 0 Å². The van der Waals surface area contributed by atoms with Crippen LogP contribution in [0.25, 0.3) is 0 Å². The van der Waals surface area contributed by atoms with Crippen LogP contribution in [-0.2, 0) is 0 Å². The van der Waals surface area contributed by atoms with Crippen LogP contribution in [0, 0.1) is 10.1 Å². The van der Waals surface area contributed by atoms with Gasteiger partial charge in [0.25, 0.3) is 5.69 Å². The number of hydrazone groups is 1. The van der Waals surface area contributed by atoms with Crippen LogP contribution in [0.1, 0.15) is 5.56 Å². The van der Waals surface area contributed by atoms with Crippen molar-refractivity contribution in [2.75, 3.05) is 5.43 Å². The Hall–Kier alpha value is -2.69. The molecule has 18 heavy (non-hydrogen) atoms. The number of hydrogen-bond donors (Lipinski definition) is 1. The molecule has 5 heteroatoms. The van der Waals surface area contributed by atoms with E-state index in [9.17, 15) is 10.1 Å². The van der Waals surface area contributed by atoms with Crippen molar-refractivity contribution in [1.29, 1.82) is 0 Å². The molecule has 2 rings (SSSR count). The fourth-order valence-corrected chi connectivity index (χ4v) is 1.41. The van der Waals surface area contributed by atoms with Crippen LogP contribution < -0.4 is 5.43 Å². The van der Waals surface area contributed by atoms with Crippen LogP contribution in [0.5, 0.6) is 0 Å². The minimum Gasteiger partial charge on any atom is -0.279 e. The number of rotatable bonds is 4. The van der Waals surface area contributed by atoms with Crippen molar-refractivity contribution < 1.29 is 4.92 Å². The number of nitrogens with zero attached hydrogens (tertiary/aromatic N) is 2. The van der Waals surface area contributed by atoms with E-state index in [0.29, 0.717) is 5.56 Å². The molecule has 0 bridgehead atoms. The molecule has 0 fully saturated rings. The molecular weight excluding hydrogens is 230 g/mol. The lowest BCUT2D eigenvalue weighted by molar-refractivity contribution is -0.384. The van der Waals surface area contributed by atoms with Crippen molar-refractivity contribution in [2.24, 2.45) is 5.10 Å². The number of nitrogens with one attached hydrogen (secondary N) is 1. The molecule has 0 aliphatic carbocycles. The van der Waals surface area contributed by atoms with Gasteiger partial charge in [0.2, 0.25) is 0 Å². The zero-order valence-corrected chi connectivity index (χ0v) is 9.48. The maximum absolute atomic E-state index is 10.6. The van der Waals surface area contributed by atoms with Crippen molar-refractivity contribution in [3.63, 3.8) is 0 Å². The summed E-state index contributed by atoms with van der Waals surface area (Å²) in [6.07, 6.45) is 1.54. The monoisotopic (exact) mass is 241 g/mol. The molecule has 90 valence electrons. The van der Waals surface area contributed by atoms with E-state index in [4.69, 9.17) is 0 Å². The minimum absolute atomic E-state index is 0.0543. The van der Waals surface area contributed by atoms with Gasteiger partial charge in [-0.1, -0.05) is 30.3 Å². The number of anilines is 1. The molecule has 0 aliphatic heterocycles. The first-order valence-electron chi connectivity index (χ1n) is 5.34. The van der Waals surface area contributed by atoms with Crippen molar-refractivity contribution in [1.82, 2.24) is 0 Å². The Morgan fingerprint density at radius 2 is 1.89 bits per heavy atom. The molecule has 1 N–H and O–H groups in total. The van der Waals surface area contributed by atoms with Gasteiger partial charge in [0, 0.05) is 17.7 Å². The van der Waals surface area contributed by atoms with E-state index in [1.54, 1.807) is 18.3 Å². The predicted octanol–water partition coefficient (Wildman–Crippen LogP) is 3.04. The van der Waals surface area contributed by atoms with Gasteiger partial charge in [-0.2, -0.15) is 5.10 Å². The first-order chi connectivity index (χ1) is 8.75. The van der Waals surface area contributed by atoms with E-state index in [1.165, 1.54) is 12.1 Å². The van der Waals surface area contributed by atoms with E-state index in [2.05, 4.69) is 10.5 Å². The number of hydrogen-bond acceptors (Lipinski definition) is 4. The lowest BCUT2D eigenvalue weighted by atomic mass is 10.2. The number of nitro benzene ring substituents is 1. The smallest absolute Gasteiger partial charge is 0.270 e. The van der Waals surface area contributed by atoms with E-state index >= 15 is 0 Å². The number of para-hydroxylation sites is 1. The first kappa shape index (κ1) is 11.8. The second-order valence-electron chi connectivity index (χ2n) is 3.59. The molecule has 0 atom stereocenters. The van der Waals surface area contributed by atoms with Crippen LogP contribution in [0.4, 0.5) is 11.4 Å². The zero-order chi connectivity index (χ0) is 12.8. The van der Waals surface area contributed by atoms with Crippen LogP contribution in [0.2, 0.25) is 0 Å². The predicted molar refractivity (Wildman–Crippen MR) is 70.8 cm³/mol. The molecule has 0 spiro atoms. The lowest BCUT2D eigenvalue weighted by Crippen LogP contribution is -1.92. The first-order valence-corrected chi connectivity index (χ1v) is 5.34. The Bertz CT molecular complexity index is 567. The molecule has 0 radical (unpaired) electrons. The van der Waals surface area contributed by atoms with Gasteiger partial charge in [0.1, 0.15) is 0 Å². The number of non-ortho nitro benzene ring substituents is 1. The van der Waals surface area contributed by atoms with Crippen LogP contribution in [0.15, 0.2) is 59.7 Å².